The van der Waals surface area contributed by atoms with Crippen molar-refractivity contribution in [2.24, 2.45) is 5.41 Å². The third-order valence-corrected chi connectivity index (χ3v) is 3.60. The Morgan fingerprint density at radius 3 is 2.32 bits per heavy atom. The number of nitrogens with one attached hydrogen (secondary N) is 3. The van der Waals surface area contributed by atoms with Gasteiger partial charge in [-0.3, -0.25) is 9.59 Å². The summed E-state index contributed by atoms with van der Waals surface area (Å²) in [6.07, 6.45) is 2.93. The Hall–Kier alpha value is -2.11. The van der Waals surface area contributed by atoms with Crippen LogP contribution < -0.4 is 16.0 Å². The molecule has 2 amide bonds. The van der Waals surface area contributed by atoms with Crippen LogP contribution in [-0.2, 0) is 16.0 Å². The quantitative estimate of drug-likeness (QED) is 0.737. The molecule has 1 aromatic heterocycles. The highest BCUT2D eigenvalue weighted by Gasteiger charge is 2.29. The molecule has 0 spiro atoms. The summed E-state index contributed by atoms with van der Waals surface area (Å²) in [6.45, 7) is 11.3. The Morgan fingerprint density at radius 1 is 1.16 bits per heavy atom. The molecule has 6 heteroatoms. The topological polar surface area (TPSA) is 83.1 Å². The average molecular weight is 348 g/mol. The van der Waals surface area contributed by atoms with Gasteiger partial charge in [-0.25, -0.2) is 4.98 Å². The summed E-state index contributed by atoms with van der Waals surface area (Å²) in [5.74, 6) is 0.493. The fourth-order valence-corrected chi connectivity index (χ4v) is 2.18. The highest BCUT2D eigenvalue weighted by Crippen LogP contribution is 2.15. The van der Waals surface area contributed by atoms with Gasteiger partial charge in [-0.1, -0.05) is 20.8 Å². The lowest BCUT2D eigenvalue weighted by molar-refractivity contribution is -0.134. The second-order valence-electron chi connectivity index (χ2n) is 8.35. The van der Waals surface area contributed by atoms with Crippen LogP contribution in [0.5, 0.6) is 0 Å². The summed E-state index contributed by atoms with van der Waals surface area (Å²) >= 11 is 0. The third-order valence-electron chi connectivity index (χ3n) is 3.60. The van der Waals surface area contributed by atoms with Crippen molar-refractivity contribution in [3.8, 4) is 0 Å². The Labute approximate surface area is 151 Å². The molecule has 1 rings (SSSR count). The van der Waals surface area contributed by atoms with Crippen LogP contribution in [0.15, 0.2) is 18.3 Å². The number of amides is 2. The van der Waals surface area contributed by atoms with E-state index in [1.807, 2.05) is 60.7 Å². The maximum atomic E-state index is 12.6. The number of aromatic nitrogens is 1. The van der Waals surface area contributed by atoms with Gasteiger partial charge in [-0.05, 0) is 51.3 Å². The fourth-order valence-electron chi connectivity index (χ4n) is 2.18. The van der Waals surface area contributed by atoms with Crippen molar-refractivity contribution in [3.63, 3.8) is 0 Å². The molecule has 1 heterocycles. The Morgan fingerprint density at radius 2 is 1.80 bits per heavy atom. The van der Waals surface area contributed by atoms with Crippen molar-refractivity contribution >= 4 is 17.6 Å². The number of carbonyl (C=O) groups is 2. The first-order valence-electron chi connectivity index (χ1n) is 8.68. The van der Waals surface area contributed by atoms with E-state index in [-0.39, 0.29) is 17.4 Å². The molecule has 0 unspecified atom stereocenters. The maximum Gasteiger partial charge on any atom is 0.242 e. The van der Waals surface area contributed by atoms with Crippen molar-refractivity contribution in [1.29, 1.82) is 0 Å². The van der Waals surface area contributed by atoms with Gasteiger partial charge in [0.1, 0.15) is 11.9 Å². The number of hydrogen-bond donors (Lipinski definition) is 3. The van der Waals surface area contributed by atoms with E-state index in [1.54, 1.807) is 6.20 Å². The van der Waals surface area contributed by atoms with E-state index in [0.29, 0.717) is 12.8 Å². The van der Waals surface area contributed by atoms with E-state index in [4.69, 9.17) is 0 Å². The molecule has 0 saturated carbocycles. The zero-order chi connectivity index (χ0) is 19.3. The zero-order valence-corrected chi connectivity index (χ0v) is 16.5. The van der Waals surface area contributed by atoms with Crippen LogP contribution in [0.3, 0.4) is 0 Å². The third kappa shape index (κ3) is 7.54. The second-order valence-corrected chi connectivity index (χ2v) is 8.35. The van der Waals surface area contributed by atoms with Crippen molar-refractivity contribution in [3.05, 3.63) is 23.9 Å². The van der Waals surface area contributed by atoms with Crippen molar-refractivity contribution < 1.29 is 9.59 Å². The number of anilines is 1. The molecular formula is C19H32N4O2. The first kappa shape index (κ1) is 20.9. The van der Waals surface area contributed by atoms with E-state index in [1.165, 1.54) is 0 Å². The van der Waals surface area contributed by atoms with Gasteiger partial charge in [0, 0.05) is 24.2 Å². The monoisotopic (exact) mass is 348 g/mol. The number of aryl methyl sites for hydroxylation is 1. The van der Waals surface area contributed by atoms with Gasteiger partial charge in [-0.2, -0.15) is 0 Å². The lowest BCUT2D eigenvalue weighted by Crippen LogP contribution is -2.54. The molecule has 140 valence electrons. The summed E-state index contributed by atoms with van der Waals surface area (Å²) in [6, 6.07) is 3.30. The van der Waals surface area contributed by atoms with Gasteiger partial charge >= 0.3 is 0 Å². The first-order chi connectivity index (χ1) is 11.4. The Bertz CT molecular complexity index is 600. The smallest absolute Gasteiger partial charge is 0.242 e. The molecule has 0 bridgehead atoms. The van der Waals surface area contributed by atoms with Crippen LogP contribution in [0.25, 0.3) is 0 Å². The van der Waals surface area contributed by atoms with Crippen LogP contribution in [0, 0.1) is 5.41 Å². The van der Waals surface area contributed by atoms with Gasteiger partial charge in [0.2, 0.25) is 11.8 Å². The van der Waals surface area contributed by atoms with Gasteiger partial charge < -0.3 is 16.0 Å². The summed E-state index contributed by atoms with van der Waals surface area (Å²) in [7, 11) is 1.81. The standard InChI is InChI=1S/C19H32N4O2/c1-18(2,3)17(25)22-14(16(24)23-19(4,5)6)9-8-13-10-11-21-15(12-13)20-7/h10-12,14H,8-9H2,1-7H3,(H,20,21)(H,22,25)(H,23,24)/t14-/m0/s1. The van der Waals surface area contributed by atoms with E-state index < -0.39 is 11.5 Å². The largest absolute Gasteiger partial charge is 0.373 e. The van der Waals surface area contributed by atoms with E-state index in [2.05, 4.69) is 20.9 Å². The molecule has 6 nitrogen and oxygen atoms in total. The number of carbonyl (C=O) groups excluding carboxylic acids is 2. The van der Waals surface area contributed by atoms with Crippen molar-refractivity contribution in [2.75, 3.05) is 12.4 Å². The maximum absolute atomic E-state index is 12.6. The molecule has 0 aromatic carbocycles. The van der Waals surface area contributed by atoms with Crippen molar-refractivity contribution in [1.82, 2.24) is 15.6 Å². The van der Waals surface area contributed by atoms with Crippen LogP contribution in [-0.4, -0.2) is 35.4 Å². The van der Waals surface area contributed by atoms with Crippen molar-refractivity contribution in [2.45, 2.75) is 66.0 Å². The molecule has 25 heavy (non-hydrogen) atoms. The molecular weight excluding hydrogens is 316 g/mol. The molecule has 0 aliphatic heterocycles. The minimum absolute atomic E-state index is 0.132. The summed E-state index contributed by atoms with van der Waals surface area (Å²) < 4.78 is 0. The molecule has 1 atom stereocenters. The Balaban J connectivity index is 2.86. The van der Waals surface area contributed by atoms with E-state index >= 15 is 0 Å². The predicted octanol–water partition coefficient (Wildman–Crippen LogP) is 2.50. The number of nitrogens with zero attached hydrogens (tertiary/aromatic N) is 1. The fraction of sp³-hybridized carbons (Fsp3) is 0.632. The van der Waals surface area contributed by atoms with Crippen LogP contribution in [0.4, 0.5) is 5.82 Å². The molecule has 0 fully saturated rings. The minimum atomic E-state index is -0.572. The van der Waals surface area contributed by atoms with E-state index in [0.717, 1.165) is 11.4 Å². The highest BCUT2D eigenvalue weighted by atomic mass is 16.2. The lowest BCUT2D eigenvalue weighted by Gasteiger charge is -2.28. The highest BCUT2D eigenvalue weighted by molar-refractivity contribution is 5.89. The number of hydrogen-bond acceptors (Lipinski definition) is 4. The Kier molecular flexibility index (Phi) is 6.96. The molecule has 1 aromatic rings. The summed E-state index contributed by atoms with van der Waals surface area (Å²) in [5, 5.41) is 8.85. The SMILES string of the molecule is CNc1cc(CC[C@H](NC(=O)C(C)(C)C)C(=O)NC(C)(C)C)ccn1. The second kappa shape index (κ2) is 8.32. The van der Waals surface area contributed by atoms with Crippen LogP contribution >= 0.6 is 0 Å². The molecule has 0 aliphatic rings. The van der Waals surface area contributed by atoms with Gasteiger partial charge in [0.25, 0.3) is 0 Å². The lowest BCUT2D eigenvalue weighted by atomic mass is 9.94. The minimum Gasteiger partial charge on any atom is -0.373 e. The first-order valence-corrected chi connectivity index (χ1v) is 8.68. The zero-order valence-electron chi connectivity index (χ0n) is 16.5. The van der Waals surface area contributed by atoms with Gasteiger partial charge in [-0.15, -0.1) is 0 Å². The van der Waals surface area contributed by atoms with Gasteiger partial charge in [0.15, 0.2) is 0 Å². The molecule has 0 saturated heterocycles. The van der Waals surface area contributed by atoms with Gasteiger partial charge in [0.05, 0.1) is 0 Å². The summed E-state index contributed by atoms with van der Waals surface area (Å²) in [4.78, 5) is 29.1. The predicted molar refractivity (Wildman–Crippen MR) is 101 cm³/mol. The molecule has 3 N–H and O–H groups in total. The van der Waals surface area contributed by atoms with Crippen LogP contribution in [0.1, 0.15) is 53.5 Å². The molecule has 0 radical (unpaired) electrons. The summed E-state index contributed by atoms with van der Waals surface area (Å²) in [5.41, 5.74) is 0.173. The number of rotatable bonds is 6. The van der Waals surface area contributed by atoms with Crippen LogP contribution in [0.2, 0.25) is 0 Å². The normalized spacial score (nSPS) is 13.1. The average Bonchev–Trinajstić information content (AvgIpc) is 2.48. The van der Waals surface area contributed by atoms with E-state index in [9.17, 15) is 9.59 Å². The molecule has 0 aliphatic carbocycles. The number of pyridine rings is 1.